The second-order valence-corrected chi connectivity index (χ2v) is 5.28. The van der Waals surface area contributed by atoms with E-state index in [-0.39, 0.29) is 17.1 Å². The summed E-state index contributed by atoms with van der Waals surface area (Å²) in [5.74, 6) is -1.16. The molecule has 1 aromatic rings. The van der Waals surface area contributed by atoms with Crippen molar-refractivity contribution in [1.29, 1.82) is 0 Å². The van der Waals surface area contributed by atoms with Crippen molar-refractivity contribution < 1.29 is 19.7 Å². The van der Waals surface area contributed by atoms with Crippen LogP contribution in [0.25, 0.3) is 22.3 Å². The lowest BCUT2D eigenvalue weighted by molar-refractivity contribution is 0.397. The lowest BCUT2D eigenvalue weighted by Crippen LogP contribution is -2.03. The molecule has 24 heavy (non-hydrogen) atoms. The molecule has 2 aliphatic rings. The monoisotopic (exact) mass is 330 g/mol. The summed E-state index contributed by atoms with van der Waals surface area (Å²) in [7, 11) is 0. The second kappa shape index (κ2) is 7.25. The van der Waals surface area contributed by atoms with E-state index in [1.54, 1.807) is 12.1 Å². The SMILES string of the molecule is CC.CCCCc1c2ccc(=O)c(O)c-2oc2c(O)c(O)ccc12. The van der Waals surface area contributed by atoms with Gasteiger partial charge < -0.3 is 19.7 Å². The van der Waals surface area contributed by atoms with Crippen molar-refractivity contribution in [1.82, 2.24) is 0 Å². The second-order valence-electron chi connectivity index (χ2n) is 5.28. The maximum absolute atomic E-state index is 11.6. The number of aromatic hydroxyl groups is 3. The van der Waals surface area contributed by atoms with E-state index in [1.807, 2.05) is 13.8 Å². The van der Waals surface area contributed by atoms with Crippen molar-refractivity contribution in [3.63, 3.8) is 0 Å². The number of unbranched alkanes of at least 4 members (excludes halogenated alkanes) is 1. The normalized spacial score (nSPS) is 10.6. The summed E-state index contributed by atoms with van der Waals surface area (Å²) in [5, 5.41) is 30.3. The van der Waals surface area contributed by atoms with Gasteiger partial charge in [0.1, 0.15) is 0 Å². The molecular formula is C19H22O5. The minimum atomic E-state index is -0.545. The van der Waals surface area contributed by atoms with Crippen molar-refractivity contribution in [3.8, 4) is 28.6 Å². The van der Waals surface area contributed by atoms with Crippen LogP contribution in [0.5, 0.6) is 17.2 Å². The first kappa shape index (κ1) is 17.7. The lowest BCUT2D eigenvalue weighted by Gasteiger charge is -2.16. The van der Waals surface area contributed by atoms with Gasteiger partial charge in [-0.25, -0.2) is 0 Å². The number of phenols is 3. The number of phenolic OH excluding ortho intramolecular Hbond substituents is 3. The van der Waals surface area contributed by atoms with E-state index in [0.29, 0.717) is 17.4 Å². The zero-order valence-corrected chi connectivity index (χ0v) is 14.1. The molecule has 0 amide bonds. The zero-order chi connectivity index (χ0) is 17.9. The van der Waals surface area contributed by atoms with Crippen molar-refractivity contribution in [3.05, 3.63) is 40.1 Å². The van der Waals surface area contributed by atoms with Gasteiger partial charge in [0.05, 0.1) is 0 Å². The smallest absolute Gasteiger partial charge is 0.224 e. The molecule has 3 N–H and O–H groups in total. The summed E-state index contributed by atoms with van der Waals surface area (Å²) in [4.78, 5) is 11.6. The Morgan fingerprint density at radius 2 is 1.71 bits per heavy atom. The van der Waals surface area contributed by atoms with Gasteiger partial charge in [-0.2, -0.15) is 0 Å². The molecule has 1 aromatic carbocycles. The summed E-state index contributed by atoms with van der Waals surface area (Å²) in [6.07, 6.45) is 2.60. The number of hydrogen-bond acceptors (Lipinski definition) is 5. The minimum absolute atomic E-state index is 0.0343. The van der Waals surface area contributed by atoms with Crippen LogP contribution in [0.3, 0.4) is 0 Å². The largest absolute Gasteiger partial charge is 0.504 e. The number of aryl methyl sites for hydroxylation is 1. The maximum atomic E-state index is 11.6. The maximum Gasteiger partial charge on any atom is 0.224 e. The van der Waals surface area contributed by atoms with Crippen LogP contribution in [0.4, 0.5) is 0 Å². The topological polar surface area (TPSA) is 90.9 Å². The fraction of sp³-hybridized carbons (Fsp3) is 0.316. The fourth-order valence-electron chi connectivity index (χ4n) is 2.67. The van der Waals surface area contributed by atoms with Gasteiger partial charge >= 0.3 is 0 Å². The molecule has 0 radical (unpaired) electrons. The average molecular weight is 330 g/mol. The number of rotatable bonds is 3. The quantitative estimate of drug-likeness (QED) is 0.489. The Labute approximate surface area is 140 Å². The minimum Gasteiger partial charge on any atom is -0.504 e. The molecule has 0 atom stereocenters. The third-order valence-corrected chi connectivity index (χ3v) is 3.84. The summed E-state index contributed by atoms with van der Waals surface area (Å²) in [5.41, 5.74) is 1.04. The molecule has 5 heteroatoms. The predicted molar refractivity (Wildman–Crippen MR) is 94.1 cm³/mol. The molecule has 0 spiro atoms. The van der Waals surface area contributed by atoms with Gasteiger partial charge in [0, 0.05) is 10.9 Å². The molecular weight excluding hydrogens is 308 g/mol. The molecule has 0 saturated carbocycles. The van der Waals surface area contributed by atoms with Gasteiger partial charge in [-0.05, 0) is 42.7 Å². The Morgan fingerprint density at radius 1 is 1.00 bits per heavy atom. The third-order valence-electron chi connectivity index (χ3n) is 3.84. The molecule has 1 aliphatic heterocycles. The van der Waals surface area contributed by atoms with Crippen LogP contribution < -0.4 is 5.43 Å². The van der Waals surface area contributed by atoms with Gasteiger partial charge in [-0.3, -0.25) is 4.79 Å². The average Bonchev–Trinajstić information content (AvgIpc) is 2.61. The molecule has 0 aromatic heterocycles. The summed E-state index contributed by atoms with van der Waals surface area (Å²) in [6, 6.07) is 5.99. The van der Waals surface area contributed by atoms with Crippen LogP contribution in [0.15, 0.2) is 33.5 Å². The van der Waals surface area contributed by atoms with E-state index in [9.17, 15) is 20.1 Å². The molecule has 128 valence electrons. The van der Waals surface area contributed by atoms with E-state index < -0.39 is 16.9 Å². The molecule has 1 aliphatic carbocycles. The van der Waals surface area contributed by atoms with E-state index in [4.69, 9.17) is 4.42 Å². The number of fused-ring (bicyclic) bond motifs is 2. The summed E-state index contributed by atoms with van der Waals surface area (Å²) >= 11 is 0. The Morgan fingerprint density at radius 3 is 2.38 bits per heavy atom. The Hall–Kier alpha value is -2.69. The highest BCUT2D eigenvalue weighted by atomic mass is 16.4. The van der Waals surface area contributed by atoms with Crippen LogP contribution in [-0.2, 0) is 6.42 Å². The molecule has 0 saturated heterocycles. The Kier molecular flexibility index (Phi) is 5.34. The van der Waals surface area contributed by atoms with Crippen molar-refractivity contribution >= 4 is 11.0 Å². The highest BCUT2D eigenvalue weighted by Crippen LogP contribution is 2.43. The van der Waals surface area contributed by atoms with Crippen LogP contribution in [0.2, 0.25) is 0 Å². The van der Waals surface area contributed by atoms with E-state index in [1.165, 1.54) is 12.1 Å². The number of hydrogen-bond donors (Lipinski definition) is 3. The first-order valence-corrected chi connectivity index (χ1v) is 8.17. The van der Waals surface area contributed by atoms with Gasteiger partial charge in [-0.15, -0.1) is 0 Å². The molecule has 0 unspecified atom stereocenters. The highest BCUT2D eigenvalue weighted by molar-refractivity contribution is 5.93. The van der Waals surface area contributed by atoms with Crippen molar-refractivity contribution in [2.45, 2.75) is 40.0 Å². The first-order valence-electron chi connectivity index (χ1n) is 8.17. The highest BCUT2D eigenvalue weighted by Gasteiger charge is 2.22. The van der Waals surface area contributed by atoms with Gasteiger partial charge in [0.15, 0.2) is 17.1 Å². The predicted octanol–water partition coefficient (Wildman–Crippen LogP) is 4.38. The van der Waals surface area contributed by atoms with Crippen LogP contribution in [0, 0.1) is 0 Å². The van der Waals surface area contributed by atoms with Gasteiger partial charge in [-0.1, -0.05) is 27.2 Å². The van der Waals surface area contributed by atoms with Crippen LogP contribution >= 0.6 is 0 Å². The Balaban J connectivity index is 0.00000100. The van der Waals surface area contributed by atoms with Crippen molar-refractivity contribution in [2.75, 3.05) is 0 Å². The lowest BCUT2D eigenvalue weighted by atomic mass is 9.95. The first-order chi connectivity index (χ1) is 11.5. The van der Waals surface area contributed by atoms with Gasteiger partial charge in [0.2, 0.25) is 16.9 Å². The van der Waals surface area contributed by atoms with E-state index in [2.05, 4.69) is 6.92 Å². The Bertz CT molecular complexity index is 879. The van der Waals surface area contributed by atoms with Gasteiger partial charge in [0.25, 0.3) is 0 Å². The zero-order valence-electron chi connectivity index (χ0n) is 14.1. The summed E-state index contributed by atoms with van der Waals surface area (Å²) in [6.45, 7) is 6.06. The van der Waals surface area contributed by atoms with Crippen LogP contribution in [-0.4, -0.2) is 15.3 Å². The van der Waals surface area contributed by atoms with Crippen molar-refractivity contribution in [2.24, 2.45) is 0 Å². The molecule has 5 nitrogen and oxygen atoms in total. The molecule has 0 fully saturated rings. The number of benzene rings is 2. The third kappa shape index (κ3) is 2.89. The standard InChI is InChI=1S/C17H16O5.C2H6/c1-2-3-4-9-10-5-7-12(18)14(20)16(10)22-17-11(9)6-8-13(19)15(17)21;1-2/h5-8,18,20-21H,2-4H2,1H3;1-2H3. The summed E-state index contributed by atoms with van der Waals surface area (Å²) < 4.78 is 5.53. The molecule has 0 bridgehead atoms. The molecule has 3 rings (SSSR count). The fourth-order valence-corrected chi connectivity index (χ4v) is 2.67. The van der Waals surface area contributed by atoms with E-state index >= 15 is 0 Å². The molecule has 1 heterocycles. The van der Waals surface area contributed by atoms with E-state index in [0.717, 1.165) is 18.4 Å². The van der Waals surface area contributed by atoms with Crippen LogP contribution in [0.1, 0.15) is 39.2 Å².